The molecule has 0 atom stereocenters. The van der Waals surface area contributed by atoms with Gasteiger partial charge in [0.2, 0.25) is 0 Å². The summed E-state index contributed by atoms with van der Waals surface area (Å²) in [6.45, 7) is 4.37. The Labute approximate surface area is 187 Å². The van der Waals surface area contributed by atoms with Gasteiger partial charge in [-0.05, 0) is 24.3 Å². The highest BCUT2D eigenvalue weighted by atomic mass is 19.1. The maximum atomic E-state index is 14.5. The average molecular weight is 454 g/mol. The number of morpholine rings is 1. The van der Waals surface area contributed by atoms with Crippen molar-refractivity contribution in [2.45, 2.75) is 6.54 Å². The summed E-state index contributed by atoms with van der Waals surface area (Å²) in [5, 5.41) is 2.71. The zero-order chi connectivity index (χ0) is 22.8. The minimum atomic E-state index is -0.777. The quantitative estimate of drug-likeness (QED) is 0.475. The van der Waals surface area contributed by atoms with Crippen LogP contribution in [-0.2, 0) is 11.3 Å². The first-order chi connectivity index (χ1) is 16.1. The van der Waals surface area contributed by atoms with Crippen LogP contribution in [-0.4, -0.2) is 57.3 Å². The lowest BCUT2D eigenvalue weighted by Crippen LogP contribution is -2.38. The van der Waals surface area contributed by atoms with Gasteiger partial charge in [0.25, 0.3) is 0 Å². The van der Waals surface area contributed by atoms with Crippen LogP contribution in [0.2, 0.25) is 0 Å². The molecule has 7 nitrogen and oxygen atoms in total. The SMILES string of the molecule is Fc1ccccc1-c1nc(Nc2c(F)cccc2F)c2ncn(CCN3CCOCC3)c2n1. The van der Waals surface area contributed by atoms with Gasteiger partial charge in [-0.25, -0.2) is 28.1 Å². The summed E-state index contributed by atoms with van der Waals surface area (Å²) in [5.41, 5.74) is 0.590. The van der Waals surface area contributed by atoms with Crippen molar-refractivity contribution < 1.29 is 17.9 Å². The van der Waals surface area contributed by atoms with Crippen molar-refractivity contribution in [3.63, 3.8) is 0 Å². The number of benzene rings is 2. The van der Waals surface area contributed by atoms with Crippen molar-refractivity contribution in [2.24, 2.45) is 0 Å². The van der Waals surface area contributed by atoms with Crippen LogP contribution in [0.15, 0.2) is 48.8 Å². The molecule has 2 aromatic heterocycles. The van der Waals surface area contributed by atoms with Crippen LogP contribution in [0.4, 0.5) is 24.7 Å². The number of anilines is 2. The molecule has 0 aliphatic carbocycles. The third-order valence-corrected chi connectivity index (χ3v) is 5.55. The first kappa shape index (κ1) is 21.4. The maximum Gasteiger partial charge on any atom is 0.167 e. The minimum absolute atomic E-state index is 0.0902. The normalized spacial score (nSPS) is 14.6. The van der Waals surface area contributed by atoms with Gasteiger partial charge in [0.15, 0.2) is 22.8 Å². The smallest absolute Gasteiger partial charge is 0.167 e. The van der Waals surface area contributed by atoms with Gasteiger partial charge in [-0.3, -0.25) is 4.90 Å². The fourth-order valence-corrected chi connectivity index (χ4v) is 3.77. The van der Waals surface area contributed by atoms with Gasteiger partial charge in [-0.1, -0.05) is 18.2 Å². The van der Waals surface area contributed by atoms with Crippen molar-refractivity contribution in [3.05, 3.63) is 66.2 Å². The summed E-state index contributed by atoms with van der Waals surface area (Å²) in [7, 11) is 0. The number of hydrogen-bond donors (Lipinski definition) is 1. The van der Waals surface area contributed by atoms with Gasteiger partial charge >= 0.3 is 0 Å². The molecule has 0 bridgehead atoms. The molecule has 10 heteroatoms. The molecular formula is C23H21F3N6O. The van der Waals surface area contributed by atoms with Gasteiger partial charge in [0.1, 0.15) is 23.1 Å². The van der Waals surface area contributed by atoms with Crippen LogP contribution >= 0.6 is 0 Å². The van der Waals surface area contributed by atoms with E-state index in [0.29, 0.717) is 30.9 Å². The monoisotopic (exact) mass is 454 g/mol. The molecule has 33 heavy (non-hydrogen) atoms. The van der Waals surface area contributed by atoms with E-state index in [1.807, 2.05) is 4.57 Å². The Morgan fingerprint density at radius 1 is 0.879 bits per heavy atom. The van der Waals surface area contributed by atoms with Gasteiger partial charge in [-0.15, -0.1) is 0 Å². The molecule has 5 rings (SSSR count). The number of ether oxygens (including phenoxy) is 1. The number of nitrogens with zero attached hydrogens (tertiary/aromatic N) is 5. The van der Waals surface area contributed by atoms with E-state index < -0.39 is 17.5 Å². The Bertz CT molecular complexity index is 1270. The lowest BCUT2D eigenvalue weighted by molar-refractivity contribution is 0.0365. The van der Waals surface area contributed by atoms with Gasteiger partial charge in [0.05, 0.1) is 25.1 Å². The summed E-state index contributed by atoms with van der Waals surface area (Å²) in [4.78, 5) is 15.6. The number of hydrogen-bond acceptors (Lipinski definition) is 6. The number of imidazole rings is 1. The lowest BCUT2D eigenvalue weighted by atomic mass is 10.2. The summed E-state index contributed by atoms with van der Waals surface area (Å²) in [6.07, 6.45) is 1.60. The van der Waals surface area contributed by atoms with Crippen LogP contribution in [0.25, 0.3) is 22.6 Å². The Hall–Kier alpha value is -3.50. The van der Waals surface area contributed by atoms with E-state index in [1.54, 1.807) is 24.5 Å². The molecule has 0 radical (unpaired) electrons. The molecule has 1 fully saturated rings. The number of fused-ring (bicyclic) bond motifs is 1. The Balaban J connectivity index is 1.57. The van der Waals surface area contributed by atoms with Crippen LogP contribution in [0.5, 0.6) is 0 Å². The predicted octanol–water partition coefficient (Wildman–Crippen LogP) is 3.99. The standard InChI is InChI=1S/C23H21F3N6O/c24-16-5-2-1-4-15(16)21-29-22(28-19-17(25)6-3-7-18(19)26)20-23(30-21)32(14-27-20)9-8-31-10-12-33-13-11-31/h1-7,14H,8-13H2,(H,28,29,30). The van der Waals surface area contributed by atoms with Crippen molar-refractivity contribution >= 4 is 22.7 Å². The third-order valence-electron chi connectivity index (χ3n) is 5.55. The molecular weight excluding hydrogens is 433 g/mol. The number of para-hydroxylation sites is 1. The van der Waals surface area contributed by atoms with Crippen molar-refractivity contribution in [1.82, 2.24) is 24.4 Å². The van der Waals surface area contributed by atoms with Crippen LogP contribution in [0, 0.1) is 17.5 Å². The molecule has 4 aromatic rings. The lowest BCUT2D eigenvalue weighted by Gasteiger charge is -2.26. The Kier molecular flexibility index (Phi) is 5.93. The molecule has 1 aliphatic rings. The van der Waals surface area contributed by atoms with E-state index in [4.69, 9.17) is 4.74 Å². The van der Waals surface area contributed by atoms with E-state index in [1.165, 1.54) is 12.1 Å². The highest BCUT2D eigenvalue weighted by molar-refractivity contribution is 5.87. The van der Waals surface area contributed by atoms with Crippen molar-refractivity contribution in [3.8, 4) is 11.4 Å². The van der Waals surface area contributed by atoms with E-state index in [-0.39, 0.29) is 22.9 Å². The van der Waals surface area contributed by atoms with E-state index in [9.17, 15) is 13.2 Å². The van der Waals surface area contributed by atoms with Crippen LogP contribution < -0.4 is 5.32 Å². The van der Waals surface area contributed by atoms with Crippen molar-refractivity contribution in [1.29, 1.82) is 0 Å². The summed E-state index contributed by atoms with van der Waals surface area (Å²) < 4.78 is 50.4. The molecule has 1 N–H and O–H groups in total. The predicted molar refractivity (Wildman–Crippen MR) is 118 cm³/mol. The molecule has 1 aliphatic heterocycles. The first-order valence-electron chi connectivity index (χ1n) is 10.6. The number of halogens is 3. The van der Waals surface area contributed by atoms with E-state index >= 15 is 0 Å². The fourth-order valence-electron chi connectivity index (χ4n) is 3.77. The molecule has 0 unspecified atom stereocenters. The molecule has 0 amide bonds. The molecule has 0 spiro atoms. The van der Waals surface area contributed by atoms with Gasteiger partial charge in [-0.2, -0.15) is 0 Å². The van der Waals surface area contributed by atoms with Crippen molar-refractivity contribution in [2.75, 3.05) is 38.2 Å². The molecule has 170 valence electrons. The van der Waals surface area contributed by atoms with Crippen LogP contribution in [0.3, 0.4) is 0 Å². The zero-order valence-electron chi connectivity index (χ0n) is 17.6. The highest BCUT2D eigenvalue weighted by Gasteiger charge is 2.19. The van der Waals surface area contributed by atoms with E-state index in [0.717, 1.165) is 31.8 Å². The average Bonchev–Trinajstić information content (AvgIpc) is 3.24. The number of aromatic nitrogens is 4. The first-order valence-corrected chi connectivity index (χ1v) is 10.6. The number of rotatable bonds is 6. The Morgan fingerprint density at radius 3 is 2.36 bits per heavy atom. The number of nitrogens with one attached hydrogen (secondary N) is 1. The largest absolute Gasteiger partial charge is 0.379 e. The highest BCUT2D eigenvalue weighted by Crippen LogP contribution is 2.29. The maximum absolute atomic E-state index is 14.5. The molecule has 1 saturated heterocycles. The molecule has 2 aromatic carbocycles. The topological polar surface area (TPSA) is 68.1 Å². The second-order valence-electron chi connectivity index (χ2n) is 7.66. The van der Waals surface area contributed by atoms with Crippen LogP contribution in [0.1, 0.15) is 0 Å². The Morgan fingerprint density at radius 2 is 1.61 bits per heavy atom. The molecule has 0 saturated carbocycles. The van der Waals surface area contributed by atoms with Gasteiger partial charge < -0.3 is 14.6 Å². The minimum Gasteiger partial charge on any atom is -0.379 e. The van der Waals surface area contributed by atoms with E-state index in [2.05, 4.69) is 25.2 Å². The third kappa shape index (κ3) is 4.39. The fraction of sp³-hybridized carbons (Fsp3) is 0.261. The second kappa shape index (κ2) is 9.16. The summed E-state index contributed by atoms with van der Waals surface area (Å²) in [5.74, 6) is -1.87. The summed E-state index contributed by atoms with van der Waals surface area (Å²) in [6, 6.07) is 9.66. The van der Waals surface area contributed by atoms with Gasteiger partial charge in [0, 0.05) is 26.2 Å². The summed E-state index contributed by atoms with van der Waals surface area (Å²) >= 11 is 0. The zero-order valence-corrected chi connectivity index (χ0v) is 17.6. The molecule has 3 heterocycles. The second-order valence-corrected chi connectivity index (χ2v) is 7.66.